The Hall–Kier alpha value is -0.940. The molecule has 112 valence electrons. The highest BCUT2D eigenvalue weighted by Crippen LogP contribution is 2.01. The number of hydrogen-bond acceptors (Lipinski definition) is 4. The van der Waals surface area contributed by atoms with Gasteiger partial charge in [0.25, 0.3) is 0 Å². The molecule has 0 saturated carbocycles. The van der Waals surface area contributed by atoms with E-state index in [1.165, 1.54) is 0 Å². The largest absolute Gasteiger partial charge is 0.388 e. The highest BCUT2D eigenvalue weighted by molar-refractivity contribution is 5.13. The van der Waals surface area contributed by atoms with Gasteiger partial charge in [0.1, 0.15) is 6.10 Å². The van der Waals surface area contributed by atoms with Gasteiger partial charge in [-0.2, -0.15) is 0 Å². The number of benzene rings is 1. The standard InChI is InChI=1S/C13H20O4.2CH4/c1-15-7-8-16-10-13(14)11-17-9-12-5-3-2-4-6-12;;/h2-6,13-14H,7-11H2,1H3;2*1H4. The Morgan fingerprint density at radius 1 is 1.00 bits per heavy atom. The van der Waals surface area contributed by atoms with Crippen molar-refractivity contribution >= 4 is 0 Å². The number of aliphatic hydroxyl groups excluding tert-OH is 1. The predicted octanol–water partition coefficient (Wildman–Crippen LogP) is 2.50. The summed E-state index contributed by atoms with van der Waals surface area (Å²) < 4.78 is 15.4. The Morgan fingerprint density at radius 3 is 2.26 bits per heavy atom. The third kappa shape index (κ3) is 10.7. The van der Waals surface area contributed by atoms with Gasteiger partial charge in [-0.1, -0.05) is 45.2 Å². The Kier molecular flexibility index (Phi) is 14.5. The van der Waals surface area contributed by atoms with Crippen LogP contribution >= 0.6 is 0 Å². The molecule has 1 unspecified atom stereocenters. The summed E-state index contributed by atoms with van der Waals surface area (Å²) in [6, 6.07) is 9.86. The van der Waals surface area contributed by atoms with Crippen LogP contribution in [0.25, 0.3) is 0 Å². The SMILES string of the molecule is C.C.COCCOCC(O)COCc1ccccc1. The van der Waals surface area contributed by atoms with E-state index < -0.39 is 6.10 Å². The fourth-order valence-corrected chi connectivity index (χ4v) is 1.30. The second-order valence-corrected chi connectivity index (χ2v) is 3.72. The lowest BCUT2D eigenvalue weighted by Crippen LogP contribution is -2.22. The van der Waals surface area contributed by atoms with Crippen molar-refractivity contribution in [2.24, 2.45) is 0 Å². The summed E-state index contributed by atoms with van der Waals surface area (Å²) in [7, 11) is 1.61. The summed E-state index contributed by atoms with van der Waals surface area (Å²) in [6.45, 7) is 2.10. The van der Waals surface area contributed by atoms with Crippen molar-refractivity contribution in [2.45, 2.75) is 27.6 Å². The number of ether oxygens (including phenoxy) is 3. The van der Waals surface area contributed by atoms with Gasteiger partial charge < -0.3 is 19.3 Å². The molecule has 4 nitrogen and oxygen atoms in total. The molecule has 0 aliphatic rings. The van der Waals surface area contributed by atoms with Crippen molar-refractivity contribution in [3.63, 3.8) is 0 Å². The second kappa shape index (κ2) is 13.5. The Bertz CT molecular complexity index is 277. The summed E-state index contributed by atoms with van der Waals surface area (Å²) in [5.41, 5.74) is 1.10. The highest BCUT2D eigenvalue weighted by Gasteiger charge is 2.04. The maximum absolute atomic E-state index is 9.54. The monoisotopic (exact) mass is 272 g/mol. The van der Waals surface area contributed by atoms with Gasteiger partial charge in [-0.25, -0.2) is 0 Å². The van der Waals surface area contributed by atoms with Crippen LogP contribution in [0.15, 0.2) is 30.3 Å². The predicted molar refractivity (Wildman–Crippen MR) is 78.3 cm³/mol. The van der Waals surface area contributed by atoms with Gasteiger partial charge in [0.2, 0.25) is 0 Å². The molecule has 19 heavy (non-hydrogen) atoms. The normalized spacial score (nSPS) is 11.3. The molecule has 1 rings (SSSR count). The third-order valence-electron chi connectivity index (χ3n) is 2.16. The van der Waals surface area contributed by atoms with Crippen LogP contribution in [0.5, 0.6) is 0 Å². The molecule has 1 atom stereocenters. The topological polar surface area (TPSA) is 47.9 Å². The van der Waals surface area contributed by atoms with Crippen molar-refractivity contribution in [1.82, 2.24) is 0 Å². The molecule has 0 fully saturated rings. The fraction of sp³-hybridized carbons (Fsp3) is 0.600. The van der Waals surface area contributed by atoms with E-state index in [-0.39, 0.29) is 28.1 Å². The van der Waals surface area contributed by atoms with Crippen LogP contribution in [0.2, 0.25) is 0 Å². The van der Waals surface area contributed by atoms with E-state index >= 15 is 0 Å². The molecule has 0 aliphatic heterocycles. The quantitative estimate of drug-likeness (QED) is 0.702. The molecule has 0 radical (unpaired) electrons. The van der Waals surface area contributed by atoms with Crippen LogP contribution in [0, 0.1) is 0 Å². The average molecular weight is 272 g/mol. The van der Waals surface area contributed by atoms with E-state index in [0.717, 1.165) is 5.56 Å². The second-order valence-electron chi connectivity index (χ2n) is 3.72. The number of aliphatic hydroxyl groups is 1. The summed E-state index contributed by atoms with van der Waals surface area (Å²) in [4.78, 5) is 0. The summed E-state index contributed by atoms with van der Waals surface area (Å²) in [6.07, 6.45) is -0.587. The molecule has 0 spiro atoms. The van der Waals surface area contributed by atoms with E-state index in [1.54, 1.807) is 7.11 Å². The van der Waals surface area contributed by atoms with Crippen LogP contribution in [0.3, 0.4) is 0 Å². The van der Waals surface area contributed by atoms with Gasteiger partial charge in [0.05, 0.1) is 33.0 Å². The molecule has 0 aromatic heterocycles. The van der Waals surface area contributed by atoms with Crippen molar-refractivity contribution < 1.29 is 19.3 Å². The Balaban J connectivity index is 0. The van der Waals surface area contributed by atoms with Gasteiger partial charge in [0, 0.05) is 7.11 Å². The smallest absolute Gasteiger partial charge is 0.101 e. The van der Waals surface area contributed by atoms with Crippen molar-refractivity contribution in [3.05, 3.63) is 35.9 Å². The van der Waals surface area contributed by atoms with Crippen molar-refractivity contribution in [3.8, 4) is 0 Å². The minimum Gasteiger partial charge on any atom is -0.388 e. The van der Waals surface area contributed by atoms with Crippen LogP contribution in [-0.2, 0) is 20.8 Å². The van der Waals surface area contributed by atoms with Gasteiger partial charge >= 0.3 is 0 Å². The molecule has 4 heteroatoms. The number of rotatable bonds is 9. The van der Waals surface area contributed by atoms with E-state index in [4.69, 9.17) is 14.2 Å². The molecule has 0 amide bonds. The lowest BCUT2D eigenvalue weighted by Gasteiger charge is -2.11. The average Bonchev–Trinajstić information content (AvgIpc) is 2.36. The van der Waals surface area contributed by atoms with Crippen molar-refractivity contribution in [1.29, 1.82) is 0 Å². The van der Waals surface area contributed by atoms with E-state index in [1.807, 2.05) is 30.3 Å². The molecule has 0 aliphatic carbocycles. The van der Waals surface area contributed by atoms with Crippen molar-refractivity contribution in [2.75, 3.05) is 33.5 Å². The first kappa shape index (κ1) is 20.4. The molecule has 1 aromatic rings. The summed E-state index contributed by atoms with van der Waals surface area (Å²) in [5.74, 6) is 0. The lowest BCUT2D eigenvalue weighted by molar-refractivity contribution is -0.0319. The zero-order valence-electron chi connectivity index (χ0n) is 10.2. The highest BCUT2D eigenvalue weighted by atomic mass is 16.5. The molecule has 0 heterocycles. The maximum Gasteiger partial charge on any atom is 0.101 e. The van der Waals surface area contributed by atoms with Gasteiger partial charge in [-0.05, 0) is 5.56 Å². The molecule has 0 bridgehead atoms. The van der Waals surface area contributed by atoms with Gasteiger partial charge in [-0.15, -0.1) is 0 Å². The molecule has 0 saturated heterocycles. The first-order valence-electron chi connectivity index (χ1n) is 5.69. The number of hydrogen-bond donors (Lipinski definition) is 1. The third-order valence-corrected chi connectivity index (χ3v) is 2.16. The summed E-state index contributed by atoms with van der Waals surface area (Å²) >= 11 is 0. The first-order valence-corrected chi connectivity index (χ1v) is 5.69. The van der Waals surface area contributed by atoms with Gasteiger partial charge in [-0.3, -0.25) is 0 Å². The fourth-order valence-electron chi connectivity index (χ4n) is 1.30. The maximum atomic E-state index is 9.54. The molecular formula is C15H28O4. The molecule has 1 N–H and O–H groups in total. The van der Waals surface area contributed by atoms with E-state index in [0.29, 0.717) is 19.8 Å². The summed E-state index contributed by atoms with van der Waals surface area (Å²) in [5, 5.41) is 9.54. The Labute approximate surface area is 117 Å². The van der Waals surface area contributed by atoms with Crippen LogP contribution in [0.4, 0.5) is 0 Å². The zero-order valence-corrected chi connectivity index (χ0v) is 10.2. The first-order chi connectivity index (χ1) is 8.33. The van der Waals surface area contributed by atoms with E-state index in [2.05, 4.69) is 0 Å². The lowest BCUT2D eigenvalue weighted by atomic mass is 10.2. The molecular weight excluding hydrogens is 244 g/mol. The minimum absolute atomic E-state index is 0. The van der Waals surface area contributed by atoms with Crippen LogP contribution < -0.4 is 0 Å². The zero-order chi connectivity index (χ0) is 12.3. The van der Waals surface area contributed by atoms with Gasteiger partial charge in [0.15, 0.2) is 0 Å². The van der Waals surface area contributed by atoms with Crippen LogP contribution in [0.1, 0.15) is 20.4 Å². The number of methoxy groups -OCH3 is 1. The van der Waals surface area contributed by atoms with E-state index in [9.17, 15) is 5.11 Å². The van der Waals surface area contributed by atoms with Crippen LogP contribution in [-0.4, -0.2) is 44.7 Å². The minimum atomic E-state index is -0.587. The Morgan fingerprint density at radius 2 is 1.63 bits per heavy atom. The molecule has 1 aromatic carbocycles.